The van der Waals surface area contributed by atoms with Crippen LogP contribution in [0.25, 0.3) is 0 Å². The smallest absolute Gasteiger partial charge is 0.276 e. The normalized spacial score (nSPS) is 18.0. The second-order valence-corrected chi connectivity index (χ2v) is 7.64. The maximum Gasteiger partial charge on any atom is 0.276 e. The summed E-state index contributed by atoms with van der Waals surface area (Å²) in [5.74, 6) is -0.0198. The average Bonchev–Trinajstić information content (AvgIpc) is 3.08. The number of carbonyl (C=O) groups is 1. The highest BCUT2D eigenvalue weighted by atomic mass is 16.2. The Hall–Kier alpha value is -3.14. The Bertz CT molecular complexity index is 1030. The van der Waals surface area contributed by atoms with Gasteiger partial charge in [0.15, 0.2) is 0 Å². The summed E-state index contributed by atoms with van der Waals surface area (Å²) in [4.78, 5) is 21.8. The lowest BCUT2D eigenvalue weighted by molar-refractivity contribution is 0.0980. The molecule has 2 aromatic carbocycles. The number of fused-ring (bicyclic) bond motifs is 2. The molecule has 3 heterocycles. The molecular weight excluding hydrogens is 346 g/mol. The molecule has 28 heavy (non-hydrogen) atoms. The third kappa shape index (κ3) is 2.76. The van der Waals surface area contributed by atoms with Gasteiger partial charge in [-0.2, -0.15) is 0 Å². The zero-order valence-electron chi connectivity index (χ0n) is 16.0. The molecule has 1 aromatic heterocycles. The molecule has 0 saturated carbocycles. The molecule has 1 atom stereocenters. The number of anilines is 3. The minimum Gasteiger partial charge on any atom is -0.337 e. The van der Waals surface area contributed by atoms with Gasteiger partial charge in [0.25, 0.3) is 5.91 Å². The molecule has 0 saturated heterocycles. The number of pyridine rings is 1. The fourth-order valence-electron chi connectivity index (χ4n) is 4.50. The van der Waals surface area contributed by atoms with Crippen LogP contribution in [0.15, 0.2) is 66.9 Å². The van der Waals surface area contributed by atoms with Gasteiger partial charge >= 0.3 is 0 Å². The molecule has 5 rings (SSSR count). The zero-order chi connectivity index (χ0) is 19.1. The summed E-state index contributed by atoms with van der Waals surface area (Å²) >= 11 is 0. The Morgan fingerprint density at radius 3 is 2.50 bits per heavy atom. The summed E-state index contributed by atoms with van der Waals surface area (Å²) in [6.45, 7) is 2.97. The molecule has 0 spiro atoms. The van der Waals surface area contributed by atoms with E-state index in [1.54, 1.807) is 0 Å². The maximum absolute atomic E-state index is 13.1. The molecule has 0 fully saturated rings. The van der Waals surface area contributed by atoms with Crippen LogP contribution in [0.2, 0.25) is 0 Å². The Kier molecular flexibility index (Phi) is 4.12. The van der Waals surface area contributed by atoms with Crippen molar-refractivity contribution in [1.82, 2.24) is 4.98 Å². The number of amides is 1. The summed E-state index contributed by atoms with van der Waals surface area (Å²) in [6.07, 6.45) is 4.88. The van der Waals surface area contributed by atoms with Crippen LogP contribution in [0.5, 0.6) is 0 Å². The highest BCUT2D eigenvalue weighted by molar-refractivity contribution is 6.05. The highest BCUT2D eigenvalue weighted by Crippen LogP contribution is 2.37. The summed E-state index contributed by atoms with van der Waals surface area (Å²) in [5.41, 5.74) is 6.39. The maximum atomic E-state index is 13.1. The molecule has 2 aliphatic heterocycles. The van der Waals surface area contributed by atoms with E-state index in [0.29, 0.717) is 11.7 Å². The molecule has 0 radical (unpaired) electrons. The number of para-hydroxylation sites is 2. The van der Waals surface area contributed by atoms with Gasteiger partial charge < -0.3 is 9.80 Å². The Labute approximate surface area is 165 Å². The third-order valence-corrected chi connectivity index (χ3v) is 5.81. The highest BCUT2D eigenvalue weighted by Gasteiger charge is 2.28. The van der Waals surface area contributed by atoms with Crippen LogP contribution in [0.1, 0.15) is 35.0 Å². The number of nitrogens with zero attached hydrogens (tertiary/aromatic N) is 3. The van der Waals surface area contributed by atoms with Crippen LogP contribution in [0.3, 0.4) is 0 Å². The standard InChI is InChI=1S/C24H23N3O/c1-17-15-19-8-3-5-11-23(19)27(17)20-12-13-21(25-16-20)24(28)26-14-6-9-18-7-2-4-10-22(18)26/h2-5,7-8,10-13,16-17H,6,9,14-15H2,1H3. The lowest BCUT2D eigenvalue weighted by atomic mass is 10.0. The van der Waals surface area contributed by atoms with Crippen molar-refractivity contribution in [3.05, 3.63) is 83.7 Å². The number of benzene rings is 2. The van der Waals surface area contributed by atoms with Gasteiger partial charge in [0.2, 0.25) is 0 Å². The van der Waals surface area contributed by atoms with Crippen LogP contribution in [0, 0.1) is 0 Å². The Morgan fingerprint density at radius 2 is 1.71 bits per heavy atom. The number of rotatable bonds is 2. The lowest BCUT2D eigenvalue weighted by Gasteiger charge is -2.29. The van der Waals surface area contributed by atoms with Gasteiger partial charge in [-0.3, -0.25) is 4.79 Å². The summed E-state index contributed by atoms with van der Waals surface area (Å²) < 4.78 is 0. The SMILES string of the molecule is CC1Cc2ccccc2N1c1ccc(C(=O)N2CCCc3ccccc32)nc1. The second-order valence-electron chi connectivity index (χ2n) is 7.64. The number of hydrogen-bond donors (Lipinski definition) is 0. The lowest BCUT2D eigenvalue weighted by Crippen LogP contribution is -2.36. The molecule has 0 N–H and O–H groups in total. The van der Waals surface area contributed by atoms with Crippen molar-refractivity contribution in [2.75, 3.05) is 16.3 Å². The zero-order valence-corrected chi connectivity index (χ0v) is 16.0. The fraction of sp³-hybridized carbons (Fsp3) is 0.250. The van der Waals surface area contributed by atoms with Gasteiger partial charge in [0, 0.05) is 24.0 Å². The van der Waals surface area contributed by atoms with Gasteiger partial charge in [0.1, 0.15) is 5.69 Å². The van der Waals surface area contributed by atoms with E-state index in [-0.39, 0.29) is 5.91 Å². The van der Waals surface area contributed by atoms with Crippen molar-refractivity contribution in [2.24, 2.45) is 0 Å². The third-order valence-electron chi connectivity index (χ3n) is 5.81. The number of hydrogen-bond acceptors (Lipinski definition) is 3. The van der Waals surface area contributed by atoms with Gasteiger partial charge in [-0.1, -0.05) is 36.4 Å². The van der Waals surface area contributed by atoms with E-state index in [4.69, 9.17) is 0 Å². The van der Waals surface area contributed by atoms with Crippen molar-refractivity contribution in [1.29, 1.82) is 0 Å². The first-order chi connectivity index (χ1) is 13.7. The van der Waals surface area contributed by atoms with Crippen molar-refractivity contribution < 1.29 is 4.79 Å². The summed E-state index contributed by atoms with van der Waals surface area (Å²) in [6, 6.07) is 20.9. The predicted octanol–water partition coefficient (Wildman–Crippen LogP) is 4.76. The van der Waals surface area contributed by atoms with Crippen LogP contribution in [0.4, 0.5) is 17.1 Å². The molecule has 1 amide bonds. The van der Waals surface area contributed by atoms with Crippen LogP contribution >= 0.6 is 0 Å². The largest absolute Gasteiger partial charge is 0.337 e. The van der Waals surface area contributed by atoms with E-state index in [9.17, 15) is 4.79 Å². The topological polar surface area (TPSA) is 36.4 Å². The van der Waals surface area contributed by atoms with Gasteiger partial charge in [-0.05, 0) is 61.6 Å². The second kappa shape index (κ2) is 6.79. The molecule has 4 heteroatoms. The van der Waals surface area contributed by atoms with E-state index in [2.05, 4.69) is 47.1 Å². The number of carbonyl (C=O) groups excluding carboxylic acids is 1. The molecular formula is C24H23N3O. The summed E-state index contributed by atoms with van der Waals surface area (Å²) in [5, 5.41) is 0. The monoisotopic (exact) mass is 369 g/mol. The van der Waals surface area contributed by atoms with Crippen molar-refractivity contribution >= 4 is 23.0 Å². The fourth-order valence-corrected chi connectivity index (χ4v) is 4.50. The van der Waals surface area contributed by atoms with Gasteiger partial charge in [-0.15, -0.1) is 0 Å². The molecule has 2 aliphatic rings. The van der Waals surface area contributed by atoms with E-state index in [1.165, 1.54) is 16.8 Å². The van der Waals surface area contributed by atoms with E-state index in [0.717, 1.165) is 37.2 Å². The van der Waals surface area contributed by atoms with Gasteiger partial charge in [-0.25, -0.2) is 4.98 Å². The van der Waals surface area contributed by atoms with E-state index >= 15 is 0 Å². The molecule has 3 aromatic rings. The van der Waals surface area contributed by atoms with Gasteiger partial charge in [0.05, 0.1) is 11.9 Å². The molecule has 1 unspecified atom stereocenters. The van der Waals surface area contributed by atoms with E-state index < -0.39 is 0 Å². The Balaban J connectivity index is 1.43. The minimum atomic E-state index is -0.0198. The van der Waals surface area contributed by atoms with Crippen molar-refractivity contribution in [2.45, 2.75) is 32.2 Å². The first-order valence-corrected chi connectivity index (χ1v) is 9.95. The number of aryl methyl sites for hydroxylation is 1. The molecule has 0 aliphatic carbocycles. The molecule has 0 bridgehead atoms. The quantitative estimate of drug-likeness (QED) is 0.654. The van der Waals surface area contributed by atoms with Crippen molar-refractivity contribution in [3.8, 4) is 0 Å². The first-order valence-electron chi connectivity index (χ1n) is 9.95. The van der Waals surface area contributed by atoms with Crippen LogP contribution in [-0.4, -0.2) is 23.5 Å². The first kappa shape index (κ1) is 17.0. The van der Waals surface area contributed by atoms with E-state index in [1.807, 2.05) is 41.4 Å². The van der Waals surface area contributed by atoms with Crippen molar-refractivity contribution in [3.63, 3.8) is 0 Å². The summed E-state index contributed by atoms with van der Waals surface area (Å²) in [7, 11) is 0. The average molecular weight is 369 g/mol. The Morgan fingerprint density at radius 1 is 0.964 bits per heavy atom. The predicted molar refractivity (Wildman–Crippen MR) is 112 cm³/mol. The number of aromatic nitrogens is 1. The molecule has 4 nitrogen and oxygen atoms in total. The minimum absolute atomic E-state index is 0.0198. The van der Waals surface area contributed by atoms with Crippen LogP contribution < -0.4 is 9.80 Å². The van der Waals surface area contributed by atoms with Crippen LogP contribution in [-0.2, 0) is 12.8 Å². The molecule has 140 valence electrons.